The van der Waals surface area contributed by atoms with Crippen molar-refractivity contribution in [1.82, 2.24) is 4.31 Å². The lowest BCUT2D eigenvalue weighted by Gasteiger charge is -2.19. The van der Waals surface area contributed by atoms with Crippen LogP contribution in [0.15, 0.2) is 35.2 Å². The summed E-state index contributed by atoms with van der Waals surface area (Å²) in [6, 6.07) is 8.12. The lowest BCUT2D eigenvalue weighted by atomic mass is 10.4. The number of benzene rings is 1. The van der Waals surface area contributed by atoms with Crippen LogP contribution in [0.4, 0.5) is 0 Å². The Kier molecular flexibility index (Phi) is 4.03. The van der Waals surface area contributed by atoms with E-state index in [-0.39, 0.29) is 23.8 Å². The molecule has 0 bridgehead atoms. The number of amidine groups is 1. The molecule has 0 amide bonds. The summed E-state index contributed by atoms with van der Waals surface area (Å²) in [6.45, 7) is 1.92. The monoisotopic (exact) mass is 241 g/mol. The third-order valence-electron chi connectivity index (χ3n) is 2.08. The molecule has 0 spiro atoms. The number of sulfonamides is 1. The second-order valence-electron chi connectivity index (χ2n) is 3.27. The average molecular weight is 241 g/mol. The Morgan fingerprint density at radius 3 is 2.38 bits per heavy atom. The lowest BCUT2D eigenvalue weighted by Crippen LogP contribution is -2.37. The Bertz CT molecular complexity index is 456. The molecule has 1 rings (SSSR count). The van der Waals surface area contributed by atoms with Gasteiger partial charge in [-0.2, -0.15) is 4.31 Å². The summed E-state index contributed by atoms with van der Waals surface area (Å²) in [5.74, 6) is -0.165. The van der Waals surface area contributed by atoms with E-state index < -0.39 is 10.0 Å². The van der Waals surface area contributed by atoms with Crippen molar-refractivity contribution in [3.05, 3.63) is 30.3 Å². The molecule has 0 aromatic heterocycles. The van der Waals surface area contributed by atoms with E-state index in [9.17, 15) is 8.42 Å². The first-order valence-electron chi connectivity index (χ1n) is 4.86. The van der Waals surface area contributed by atoms with Crippen molar-refractivity contribution in [2.45, 2.75) is 11.8 Å². The largest absolute Gasteiger partial charge is 0.387 e. The zero-order chi connectivity index (χ0) is 12.2. The second kappa shape index (κ2) is 5.09. The van der Waals surface area contributed by atoms with Crippen molar-refractivity contribution in [3.8, 4) is 0 Å². The number of likely N-dealkylation sites (N-methyl/N-ethyl adjacent to an activating group) is 1. The van der Waals surface area contributed by atoms with Gasteiger partial charge in [-0.1, -0.05) is 25.1 Å². The fraction of sp³-hybridized carbons (Fsp3) is 0.300. The van der Waals surface area contributed by atoms with Crippen molar-refractivity contribution in [3.63, 3.8) is 0 Å². The van der Waals surface area contributed by atoms with Gasteiger partial charge in [0.05, 0.1) is 11.4 Å². The molecular formula is C10H15N3O2S. The predicted molar refractivity (Wildman–Crippen MR) is 62.8 cm³/mol. The molecule has 0 radical (unpaired) electrons. The highest BCUT2D eigenvalue weighted by atomic mass is 32.2. The van der Waals surface area contributed by atoms with E-state index in [0.29, 0.717) is 0 Å². The zero-order valence-corrected chi connectivity index (χ0v) is 9.87. The molecule has 88 valence electrons. The van der Waals surface area contributed by atoms with Crippen molar-refractivity contribution in [2.75, 3.05) is 13.1 Å². The summed E-state index contributed by atoms with van der Waals surface area (Å²) in [6.07, 6.45) is 0. The summed E-state index contributed by atoms with van der Waals surface area (Å²) in [4.78, 5) is 0.220. The van der Waals surface area contributed by atoms with Gasteiger partial charge >= 0.3 is 0 Å². The maximum absolute atomic E-state index is 12.1. The van der Waals surface area contributed by atoms with Gasteiger partial charge in [0.25, 0.3) is 0 Å². The zero-order valence-electron chi connectivity index (χ0n) is 9.05. The SMILES string of the molecule is CCN(CC(=N)N)S(=O)(=O)c1ccccc1. The molecule has 3 N–H and O–H groups in total. The molecule has 16 heavy (non-hydrogen) atoms. The summed E-state index contributed by atoms with van der Waals surface area (Å²) >= 11 is 0. The molecule has 0 saturated carbocycles. The van der Waals surface area contributed by atoms with Gasteiger partial charge in [0, 0.05) is 6.54 Å². The van der Waals surface area contributed by atoms with Crippen molar-refractivity contribution >= 4 is 15.9 Å². The van der Waals surface area contributed by atoms with Gasteiger partial charge in [0.1, 0.15) is 5.84 Å². The van der Waals surface area contributed by atoms with E-state index in [1.807, 2.05) is 0 Å². The quantitative estimate of drug-likeness (QED) is 0.585. The third-order valence-corrected chi connectivity index (χ3v) is 4.02. The molecule has 0 saturated heterocycles. The number of nitrogens with two attached hydrogens (primary N) is 1. The Hall–Kier alpha value is -1.40. The van der Waals surface area contributed by atoms with Gasteiger partial charge in [0.2, 0.25) is 10.0 Å². The lowest BCUT2D eigenvalue weighted by molar-refractivity contribution is 0.466. The van der Waals surface area contributed by atoms with Crippen LogP contribution in [-0.2, 0) is 10.0 Å². The van der Waals surface area contributed by atoms with Crippen LogP contribution in [0, 0.1) is 5.41 Å². The first-order chi connectivity index (χ1) is 7.48. The highest BCUT2D eigenvalue weighted by Gasteiger charge is 2.22. The number of hydrogen-bond acceptors (Lipinski definition) is 3. The average Bonchev–Trinajstić information content (AvgIpc) is 2.26. The van der Waals surface area contributed by atoms with E-state index in [1.165, 1.54) is 16.4 Å². The molecular weight excluding hydrogens is 226 g/mol. The molecule has 5 nitrogen and oxygen atoms in total. The Balaban J connectivity index is 3.05. The first kappa shape index (κ1) is 12.7. The second-order valence-corrected chi connectivity index (χ2v) is 5.21. The smallest absolute Gasteiger partial charge is 0.243 e. The van der Waals surface area contributed by atoms with Crippen molar-refractivity contribution < 1.29 is 8.42 Å². The maximum Gasteiger partial charge on any atom is 0.243 e. The number of rotatable bonds is 5. The van der Waals surface area contributed by atoms with Gasteiger partial charge in [-0.05, 0) is 12.1 Å². The van der Waals surface area contributed by atoms with Crippen molar-refractivity contribution in [2.24, 2.45) is 5.73 Å². The molecule has 0 unspecified atom stereocenters. The van der Waals surface area contributed by atoms with Gasteiger partial charge < -0.3 is 5.73 Å². The number of nitrogens with one attached hydrogen (secondary N) is 1. The minimum Gasteiger partial charge on any atom is -0.387 e. The molecule has 0 aliphatic carbocycles. The fourth-order valence-corrected chi connectivity index (χ4v) is 2.75. The minimum absolute atomic E-state index is 0.0757. The van der Waals surface area contributed by atoms with E-state index in [2.05, 4.69) is 0 Å². The Labute approximate surface area is 95.4 Å². The van der Waals surface area contributed by atoms with Crippen LogP contribution in [0.2, 0.25) is 0 Å². The minimum atomic E-state index is -3.53. The molecule has 1 aromatic rings. The molecule has 0 heterocycles. The topological polar surface area (TPSA) is 87.2 Å². The molecule has 0 atom stereocenters. The van der Waals surface area contributed by atoms with Gasteiger partial charge in [-0.15, -0.1) is 0 Å². The first-order valence-corrected chi connectivity index (χ1v) is 6.30. The maximum atomic E-state index is 12.1. The Morgan fingerprint density at radius 2 is 1.94 bits per heavy atom. The van der Waals surface area contributed by atoms with Crippen LogP contribution in [0.3, 0.4) is 0 Å². The highest BCUT2D eigenvalue weighted by molar-refractivity contribution is 7.89. The summed E-state index contributed by atoms with van der Waals surface area (Å²) < 4.78 is 25.3. The van der Waals surface area contributed by atoms with Crippen molar-refractivity contribution in [1.29, 1.82) is 5.41 Å². The standard InChI is InChI=1S/C10H15N3O2S/c1-2-13(8-10(11)12)16(14,15)9-6-4-3-5-7-9/h3-7H,2,8H2,1H3,(H3,11,12). The van der Waals surface area contributed by atoms with Crippen LogP contribution in [-0.4, -0.2) is 31.6 Å². The van der Waals surface area contributed by atoms with Crippen LogP contribution < -0.4 is 5.73 Å². The molecule has 1 aromatic carbocycles. The predicted octanol–water partition coefficient (Wildman–Crippen LogP) is 0.633. The van der Waals surface area contributed by atoms with Gasteiger partial charge in [-0.3, -0.25) is 5.41 Å². The van der Waals surface area contributed by atoms with Crippen LogP contribution in [0.25, 0.3) is 0 Å². The molecule has 0 aliphatic rings. The molecule has 0 fully saturated rings. The Morgan fingerprint density at radius 1 is 1.38 bits per heavy atom. The fourth-order valence-electron chi connectivity index (χ4n) is 1.30. The summed E-state index contributed by atoms with van der Waals surface area (Å²) in [5, 5.41) is 7.14. The van der Waals surface area contributed by atoms with E-state index in [4.69, 9.17) is 11.1 Å². The van der Waals surface area contributed by atoms with Gasteiger partial charge in [-0.25, -0.2) is 8.42 Å². The van der Waals surface area contributed by atoms with E-state index in [0.717, 1.165) is 0 Å². The number of nitrogens with zero attached hydrogens (tertiary/aromatic N) is 1. The van der Waals surface area contributed by atoms with Crippen LogP contribution >= 0.6 is 0 Å². The molecule has 0 aliphatic heterocycles. The molecule has 6 heteroatoms. The van der Waals surface area contributed by atoms with E-state index >= 15 is 0 Å². The van der Waals surface area contributed by atoms with Crippen LogP contribution in [0.5, 0.6) is 0 Å². The third kappa shape index (κ3) is 2.80. The van der Waals surface area contributed by atoms with Crippen LogP contribution in [0.1, 0.15) is 6.92 Å². The van der Waals surface area contributed by atoms with Gasteiger partial charge in [0.15, 0.2) is 0 Å². The summed E-state index contributed by atoms with van der Waals surface area (Å²) in [7, 11) is -3.53. The summed E-state index contributed by atoms with van der Waals surface area (Å²) in [5.41, 5.74) is 5.22. The highest BCUT2D eigenvalue weighted by Crippen LogP contribution is 2.14. The van der Waals surface area contributed by atoms with E-state index in [1.54, 1.807) is 25.1 Å². The number of hydrogen-bond donors (Lipinski definition) is 2. The normalized spacial score (nSPS) is 11.6.